The smallest absolute Gasteiger partial charge is 0.326 e. The Balaban J connectivity index is 1.80. The Hall–Kier alpha value is -1.40. The highest BCUT2D eigenvalue weighted by Gasteiger charge is 2.48. The van der Waals surface area contributed by atoms with Crippen LogP contribution in [0.2, 0.25) is 0 Å². The SMILES string of the molecule is COCC1(C(=O)O)CCCN1Cc1ccnn1C1CCCC1. The monoisotopic (exact) mass is 307 g/mol. The number of likely N-dealkylation sites (tertiary alicyclic amines) is 1. The second-order valence-electron chi connectivity index (χ2n) is 6.50. The lowest BCUT2D eigenvalue weighted by molar-refractivity contribution is -0.153. The Kier molecular flexibility index (Phi) is 4.49. The summed E-state index contributed by atoms with van der Waals surface area (Å²) in [5.41, 5.74) is 0.232. The van der Waals surface area contributed by atoms with E-state index in [0.29, 0.717) is 19.0 Å². The molecule has 3 rings (SSSR count). The van der Waals surface area contributed by atoms with Crippen LogP contribution in [0.4, 0.5) is 0 Å². The van der Waals surface area contributed by atoms with Crippen molar-refractivity contribution in [2.75, 3.05) is 20.3 Å². The molecule has 1 N–H and O–H groups in total. The number of nitrogens with zero attached hydrogens (tertiary/aromatic N) is 3. The van der Waals surface area contributed by atoms with E-state index < -0.39 is 11.5 Å². The largest absolute Gasteiger partial charge is 0.480 e. The highest BCUT2D eigenvalue weighted by atomic mass is 16.5. The third-order valence-corrected chi connectivity index (χ3v) is 5.18. The van der Waals surface area contributed by atoms with Crippen molar-refractivity contribution in [1.82, 2.24) is 14.7 Å². The lowest BCUT2D eigenvalue weighted by Crippen LogP contribution is -2.53. The highest BCUT2D eigenvalue weighted by molar-refractivity contribution is 5.79. The van der Waals surface area contributed by atoms with Crippen molar-refractivity contribution in [3.63, 3.8) is 0 Å². The third kappa shape index (κ3) is 2.65. The molecule has 1 atom stereocenters. The van der Waals surface area contributed by atoms with Crippen LogP contribution in [0.15, 0.2) is 12.3 Å². The molecule has 1 aromatic heterocycles. The molecule has 0 amide bonds. The molecule has 0 radical (unpaired) electrons. The average Bonchev–Trinajstić information content (AvgIpc) is 3.20. The number of rotatable bonds is 6. The van der Waals surface area contributed by atoms with Gasteiger partial charge in [-0.1, -0.05) is 12.8 Å². The van der Waals surface area contributed by atoms with Gasteiger partial charge >= 0.3 is 5.97 Å². The van der Waals surface area contributed by atoms with Gasteiger partial charge in [0.15, 0.2) is 0 Å². The maximum atomic E-state index is 11.8. The number of hydrogen-bond acceptors (Lipinski definition) is 4. The normalized spacial score (nSPS) is 26.8. The fourth-order valence-electron chi connectivity index (χ4n) is 4.01. The second kappa shape index (κ2) is 6.38. The summed E-state index contributed by atoms with van der Waals surface area (Å²) in [6.45, 7) is 1.66. The molecule has 1 saturated carbocycles. The average molecular weight is 307 g/mol. The molecule has 2 aliphatic rings. The topological polar surface area (TPSA) is 67.6 Å². The van der Waals surface area contributed by atoms with Crippen LogP contribution >= 0.6 is 0 Å². The molecule has 0 aromatic carbocycles. The zero-order chi connectivity index (χ0) is 15.6. The van der Waals surface area contributed by atoms with Crippen molar-refractivity contribution >= 4 is 5.97 Å². The predicted molar refractivity (Wildman–Crippen MR) is 81.6 cm³/mol. The van der Waals surface area contributed by atoms with E-state index in [2.05, 4.69) is 14.7 Å². The maximum absolute atomic E-state index is 11.8. The first kappa shape index (κ1) is 15.5. The summed E-state index contributed by atoms with van der Waals surface area (Å²) in [6, 6.07) is 2.50. The molecule has 1 aliphatic heterocycles. The van der Waals surface area contributed by atoms with E-state index in [1.165, 1.54) is 25.7 Å². The molecule has 22 heavy (non-hydrogen) atoms. The zero-order valence-corrected chi connectivity index (χ0v) is 13.2. The quantitative estimate of drug-likeness (QED) is 0.871. The van der Waals surface area contributed by atoms with E-state index in [1.807, 2.05) is 12.3 Å². The summed E-state index contributed by atoms with van der Waals surface area (Å²) in [4.78, 5) is 13.9. The summed E-state index contributed by atoms with van der Waals surface area (Å²) in [5, 5.41) is 14.2. The van der Waals surface area contributed by atoms with Gasteiger partial charge in [-0.15, -0.1) is 0 Å². The first-order valence-electron chi connectivity index (χ1n) is 8.17. The van der Waals surface area contributed by atoms with E-state index in [4.69, 9.17) is 4.74 Å². The van der Waals surface area contributed by atoms with Gasteiger partial charge in [-0.05, 0) is 38.3 Å². The summed E-state index contributed by atoms with van der Waals surface area (Å²) >= 11 is 0. The predicted octanol–water partition coefficient (Wildman–Crippen LogP) is 2.06. The van der Waals surface area contributed by atoms with Gasteiger partial charge in [0.2, 0.25) is 0 Å². The molecular weight excluding hydrogens is 282 g/mol. The fourth-order valence-corrected chi connectivity index (χ4v) is 4.01. The number of carboxylic acids is 1. The van der Waals surface area contributed by atoms with Crippen molar-refractivity contribution in [3.05, 3.63) is 18.0 Å². The number of carbonyl (C=O) groups is 1. The third-order valence-electron chi connectivity index (χ3n) is 5.18. The van der Waals surface area contributed by atoms with Gasteiger partial charge in [-0.25, -0.2) is 0 Å². The maximum Gasteiger partial charge on any atom is 0.326 e. The van der Waals surface area contributed by atoms with Crippen molar-refractivity contribution in [2.45, 2.75) is 56.7 Å². The Bertz CT molecular complexity index is 524. The van der Waals surface area contributed by atoms with Crippen LogP contribution in [0.3, 0.4) is 0 Å². The number of methoxy groups -OCH3 is 1. The molecule has 122 valence electrons. The molecule has 0 bridgehead atoms. The van der Waals surface area contributed by atoms with E-state index in [9.17, 15) is 9.90 Å². The Labute approximate surface area is 131 Å². The molecule has 6 heteroatoms. The number of aromatic nitrogens is 2. The molecule has 6 nitrogen and oxygen atoms in total. The number of ether oxygens (including phenoxy) is 1. The molecule has 1 aliphatic carbocycles. The molecule has 2 fully saturated rings. The molecule has 1 unspecified atom stereocenters. The first-order valence-corrected chi connectivity index (χ1v) is 8.17. The molecule has 1 aromatic rings. The summed E-state index contributed by atoms with van der Waals surface area (Å²) in [7, 11) is 1.57. The first-order chi connectivity index (χ1) is 10.7. The summed E-state index contributed by atoms with van der Waals surface area (Å²) < 4.78 is 7.34. The van der Waals surface area contributed by atoms with Gasteiger partial charge in [0.25, 0.3) is 0 Å². The van der Waals surface area contributed by atoms with Crippen molar-refractivity contribution in [2.24, 2.45) is 0 Å². The van der Waals surface area contributed by atoms with Gasteiger partial charge < -0.3 is 9.84 Å². The standard InChI is InChI=1S/C16H25N3O3/c1-22-12-16(15(20)21)8-4-10-18(16)11-14-7-9-17-19(14)13-5-2-3-6-13/h7,9,13H,2-6,8,10-12H2,1H3,(H,20,21). The highest BCUT2D eigenvalue weighted by Crippen LogP contribution is 2.34. The van der Waals surface area contributed by atoms with Gasteiger partial charge in [0, 0.05) is 19.9 Å². The molecular formula is C16H25N3O3. The van der Waals surface area contributed by atoms with Crippen LogP contribution in [0.5, 0.6) is 0 Å². The minimum atomic E-state index is -0.889. The minimum Gasteiger partial charge on any atom is -0.480 e. The zero-order valence-electron chi connectivity index (χ0n) is 13.2. The fraction of sp³-hybridized carbons (Fsp3) is 0.750. The molecule has 2 heterocycles. The van der Waals surface area contributed by atoms with E-state index in [-0.39, 0.29) is 6.61 Å². The van der Waals surface area contributed by atoms with Crippen LogP contribution in [-0.2, 0) is 16.1 Å². The lowest BCUT2D eigenvalue weighted by Gasteiger charge is -2.34. The Morgan fingerprint density at radius 1 is 1.45 bits per heavy atom. The summed E-state index contributed by atoms with van der Waals surface area (Å²) in [6.07, 6.45) is 8.25. The van der Waals surface area contributed by atoms with E-state index in [1.54, 1.807) is 7.11 Å². The molecule has 1 saturated heterocycles. The van der Waals surface area contributed by atoms with E-state index in [0.717, 1.165) is 18.7 Å². The van der Waals surface area contributed by atoms with E-state index >= 15 is 0 Å². The van der Waals surface area contributed by atoms with Gasteiger partial charge in [-0.3, -0.25) is 14.4 Å². The van der Waals surface area contributed by atoms with Crippen LogP contribution in [0.1, 0.15) is 50.3 Å². The van der Waals surface area contributed by atoms with Crippen molar-refractivity contribution < 1.29 is 14.6 Å². The molecule has 0 spiro atoms. The number of hydrogen-bond donors (Lipinski definition) is 1. The van der Waals surface area contributed by atoms with Crippen LogP contribution < -0.4 is 0 Å². The minimum absolute atomic E-state index is 0.236. The number of carboxylic acid groups (broad SMARTS) is 1. The lowest BCUT2D eigenvalue weighted by atomic mass is 9.97. The summed E-state index contributed by atoms with van der Waals surface area (Å²) in [5.74, 6) is -0.779. The number of aliphatic carboxylic acids is 1. The second-order valence-corrected chi connectivity index (χ2v) is 6.50. The Morgan fingerprint density at radius 3 is 2.91 bits per heavy atom. The Morgan fingerprint density at radius 2 is 2.23 bits per heavy atom. The van der Waals surface area contributed by atoms with Crippen molar-refractivity contribution in [3.8, 4) is 0 Å². The van der Waals surface area contributed by atoms with Gasteiger partial charge in [-0.2, -0.15) is 5.10 Å². The van der Waals surface area contributed by atoms with Crippen LogP contribution in [-0.4, -0.2) is 51.6 Å². The van der Waals surface area contributed by atoms with Crippen molar-refractivity contribution in [1.29, 1.82) is 0 Å². The van der Waals surface area contributed by atoms with Gasteiger partial charge in [0.05, 0.1) is 18.3 Å². The van der Waals surface area contributed by atoms with Crippen LogP contribution in [0.25, 0.3) is 0 Å². The van der Waals surface area contributed by atoms with Crippen LogP contribution in [0, 0.1) is 0 Å². The van der Waals surface area contributed by atoms with Gasteiger partial charge in [0.1, 0.15) is 5.54 Å².